The Kier molecular flexibility index (Phi) is 7.49. The van der Waals surface area contributed by atoms with Crippen LogP contribution in [0.4, 0.5) is 11.4 Å². The average Bonchev–Trinajstić information content (AvgIpc) is 2.46. The highest BCUT2D eigenvalue weighted by atomic mass is 79.9. The molecule has 7 nitrogen and oxygen atoms in total. The number of amides is 2. The number of nitrogens with two attached hydrogens (primary N) is 1. The maximum atomic E-state index is 11.4. The number of alkyl halides is 2. The van der Waals surface area contributed by atoms with E-state index in [4.69, 9.17) is 10.8 Å². The Morgan fingerprint density at radius 1 is 1.05 bits per heavy atom. The van der Waals surface area contributed by atoms with Crippen LogP contribution in [0.25, 0.3) is 0 Å². The number of nitrogens with one attached hydrogen (secondary N) is 2. The minimum absolute atomic E-state index is 0.0739. The zero-order chi connectivity index (χ0) is 16.7. The Balaban J connectivity index is 3.05. The van der Waals surface area contributed by atoms with Crippen LogP contribution < -0.4 is 16.4 Å². The number of halogens is 2. The van der Waals surface area contributed by atoms with Crippen molar-refractivity contribution in [3.8, 4) is 0 Å². The lowest BCUT2D eigenvalue weighted by Gasteiger charge is -2.13. The first-order valence-electron chi connectivity index (χ1n) is 6.19. The van der Waals surface area contributed by atoms with Gasteiger partial charge in [-0.3, -0.25) is 14.4 Å². The summed E-state index contributed by atoms with van der Waals surface area (Å²) < 4.78 is 0. The van der Waals surface area contributed by atoms with Crippen LogP contribution in [0, 0.1) is 0 Å². The Morgan fingerprint density at radius 3 is 1.86 bits per heavy atom. The lowest BCUT2D eigenvalue weighted by atomic mass is 10.0. The van der Waals surface area contributed by atoms with Crippen LogP contribution in [-0.2, 0) is 20.8 Å². The normalized spacial score (nSPS) is 11.6. The lowest BCUT2D eigenvalue weighted by molar-refractivity contribution is -0.138. The van der Waals surface area contributed by atoms with Gasteiger partial charge in [-0.1, -0.05) is 31.9 Å². The number of rotatable bonds is 7. The molecule has 0 heterocycles. The van der Waals surface area contributed by atoms with Crippen molar-refractivity contribution in [1.82, 2.24) is 0 Å². The summed E-state index contributed by atoms with van der Waals surface area (Å²) in [7, 11) is 0. The van der Waals surface area contributed by atoms with E-state index in [1.165, 1.54) is 0 Å². The van der Waals surface area contributed by atoms with Gasteiger partial charge in [-0.05, 0) is 30.2 Å². The molecule has 0 aromatic heterocycles. The average molecular weight is 437 g/mol. The van der Waals surface area contributed by atoms with E-state index in [0.717, 1.165) is 0 Å². The highest BCUT2D eigenvalue weighted by Gasteiger charge is 2.14. The Bertz CT molecular complexity index is 544. The predicted molar refractivity (Wildman–Crippen MR) is 90.6 cm³/mol. The fourth-order valence-corrected chi connectivity index (χ4v) is 1.96. The minimum Gasteiger partial charge on any atom is -0.480 e. The van der Waals surface area contributed by atoms with Crippen LogP contribution in [0.15, 0.2) is 18.2 Å². The molecule has 2 amide bonds. The Hall–Kier alpha value is -1.45. The first-order valence-corrected chi connectivity index (χ1v) is 8.44. The van der Waals surface area contributed by atoms with Gasteiger partial charge in [0.15, 0.2) is 0 Å². The van der Waals surface area contributed by atoms with Gasteiger partial charge in [0, 0.05) is 11.4 Å². The van der Waals surface area contributed by atoms with Crippen molar-refractivity contribution in [1.29, 1.82) is 0 Å². The quantitative estimate of drug-likeness (QED) is 0.480. The second-order valence-electron chi connectivity index (χ2n) is 4.43. The summed E-state index contributed by atoms with van der Waals surface area (Å²) in [6.45, 7) is 0. The molecule has 0 saturated carbocycles. The Labute approximate surface area is 143 Å². The molecule has 120 valence electrons. The molecule has 5 N–H and O–H groups in total. The summed E-state index contributed by atoms with van der Waals surface area (Å²) in [5.74, 6) is -1.66. The smallest absolute Gasteiger partial charge is 0.320 e. The molecule has 0 bridgehead atoms. The number of hydrogen-bond acceptors (Lipinski definition) is 4. The monoisotopic (exact) mass is 435 g/mol. The number of hydrogen-bond donors (Lipinski definition) is 4. The number of carbonyl (C=O) groups excluding carboxylic acids is 2. The van der Waals surface area contributed by atoms with Crippen molar-refractivity contribution in [3.05, 3.63) is 23.8 Å². The number of carboxylic acids is 1. The third-order valence-electron chi connectivity index (χ3n) is 2.58. The largest absolute Gasteiger partial charge is 0.480 e. The third kappa shape index (κ3) is 6.12. The molecule has 0 spiro atoms. The van der Waals surface area contributed by atoms with E-state index >= 15 is 0 Å². The van der Waals surface area contributed by atoms with Crippen LogP contribution in [0.1, 0.15) is 5.56 Å². The van der Waals surface area contributed by atoms with Gasteiger partial charge in [0.2, 0.25) is 11.8 Å². The van der Waals surface area contributed by atoms with Crippen LogP contribution in [0.5, 0.6) is 0 Å². The molecule has 1 aromatic rings. The number of benzene rings is 1. The molecule has 0 fully saturated rings. The fourth-order valence-electron chi connectivity index (χ4n) is 1.68. The number of carbonyl (C=O) groups is 3. The van der Waals surface area contributed by atoms with Gasteiger partial charge >= 0.3 is 5.97 Å². The van der Waals surface area contributed by atoms with Crippen LogP contribution in [0.3, 0.4) is 0 Å². The van der Waals surface area contributed by atoms with Gasteiger partial charge in [0.1, 0.15) is 6.04 Å². The van der Waals surface area contributed by atoms with Gasteiger partial charge < -0.3 is 21.5 Å². The van der Waals surface area contributed by atoms with E-state index in [1.807, 2.05) is 0 Å². The van der Waals surface area contributed by atoms with Gasteiger partial charge in [-0.2, -0.15) is 0 Å². The Morgan fingerprint density at radius 2 is 1.50 bits per heavy atom. The predicted octanol–water partition coefficient (Wildman–Crippen LogP) is 1.31. The van der Waals surface area contributed by atoms with Crippen molar-refractivity contribution in [2.24, 2.45) is 5.73 Å². The summed E-state index contributed by atoms with van der Waals surface area (Å²) in [4.78, 5) is 33.7. The van der Waals surface area contributed by atoms with E-state index in [0.29, 0.717) is 16.9 Å². The van der Waals surface area contributed by atoms with Crippen LogP contribution in [0.2, 0.25) is 0 Å². The standard InChI is InChI=1S/C13H15Br2N3O4/c14-5-11(19)17-8-1-7(3-10(16)13(21)22)2-9(4-8)18-12(20)6-15/h1-2,4,10H,3,5-6,16H2,(H,17,19)(H,18,20)(H,21,22)/t10-/m0/s1. The molecule has 1 atom stereocenters. The number of anilines is 2. The van der Waals surface area contributed by atoms with Gasteiger partial charge in [-0.15, -0.1) is 0 Å². The molecule has 1 aromatic carbocycles. The van der Waals surface area contributed by atoms with Gasteiger partial charge in [0.25, 0.3) is 0 Å². The molecule has 0 saturated heterocycles. The highest BCUT2D eigenvalue weighted by Crippen LogP contribution is 2.20. The molecule has 0 radical (unpaired) electrons. The summed E-state index contributed by atoms with van der Waals surface area (Å²) in [5, 5.41) is 14.4. The molecule has 0 aliphatic rings. The topological polar surface area (TPSA) is 122 Å². The minimum atomic E-state index is -1.12. The van der Waals surface area contributed by atoms with Crippen molar-refractivity contribution >= 4 is 61.0 Å². The summed E-state index contributed by atoms with van der Waals surface area (Å²) in [6.07, 6.45) is 0.0739. The van der Waals surface area contributed by atoms with Crippen molar-refractivity contribution in [3.63, 3.8) is 0 Å². The van der Waals surface area contributed by atoms with Crippen LogP contribution >= 0.6 is 31.9 Å². The molecular formula is C13H15Br2N3O4. The first kappa shape index (κ1) is 18.6. The van der Waals surface area contributed by atoms with Crippen LogP contribution in [-0.4, -0.2) is 39.6 Å². The summed E-state index contributed by atoms with van der Waals surface area (Å²) in [5.41, 5.74) is 7.00. The zero-order valence-electron chi connectivity index (χ0n) is 11.4. The first-order chi connectivity index (χ1) is 10.3. The fraction of sp³-hybridized carbons (Fsp3) is 0.308. The SMILES string of the molecule is N[C@@H](Cc1cc(NC(=O)CBr)cc(NC(=O)CBr)c1)C(=O)O. The molecule has 1 rings (SSSR count). The summed E-state index contributed by atoms with van der Waals surface area (Å²) in [6, 6.07) is 3.75. The lowest BCUT2D eigenvalue weighted by Crippen LogP contribution is -2.32. The van der Waals surface area contributed by atoms with Crippen molar-refractivity contribution in [2.45, 2.75) is 12.5 Å². The molecule has 0 aliphatic carbocycles. The molecule has 22 heavy (non-hydrogen) atoms. The maximum absolute atomic E-state index is 11.4. The van der Waals surface area contributed by atoms with Crippen molar-refractivity contribution in [2.75, 3.05) is 21.3 Å². The van der Waals surface area contributed by atoms with E-state index in [9.17, 15) is 14.4 Å². The second-order valence-corrected chi connectivity index (χ2v) is 5.55. The molecule has 0 aliphatic heterocycles. The second kappa shape index (κ2) is 8.86. The van der Waals surface area contributed by atoms with E-state index in [-0.39, 0.29) is 28.9 Å². The van der Waals surface area contributed by atoms with Gasteiger partial charge in [0.05, 0.1) is 10.7 Å². The van der Waals surface area contributed by atoms with E-state index in [2.05, 4.69) is 42.5 Å². The molecule has 9 heteroatoms. The van der Waals surface area contributed by atoms with E-state index < -0.39 is 12.0 Å². The zero-order valence-corrected chi connectivity index (χ0v) is 14.6. The molecule has 0 unspecified atom stereocenters. The van der Waals surface area contributed by atoms with E-state index in [1.54, 1.807) is 18.2 Å². The highest BCUT2D eigenvalue weighted by molar-refractivity contribution is 9.09. The third-order valence-corrected chi connectivity index (χ3v) is 3.59. The summed E-state index contributed by atoms with van der Waals surface area (Å²) >= 11 is 6.07. The molecular weight excluding hydrogens is 422 g/mol. The maximum Gasteiger partial charge on any atom is 0.320 e. The van der Waals surface area contributed by atoms with Gasteiger partial charge in [-0.25, -0.2) is 0 Å². The number of aliphatic carboxylic acids is 1. The van der Waals surface area contributed by atoms with Crippen molar-refractivity contribution < 1.29 is 19.5 Å². The number of carboxylic acid groups (broad SMARTS) is 1.